The summed E-state index contributed by atoms with van der Waals surface area (Å²) in [4.78, 5) is 2.02. The molecule has 0 radical (unpaired) electrons. The van der Waals surface area contributed by atoms with Crippen molar-refractivity contribution in [1.29, 1.82) is 0 Å². The Bertz CT molecular complexity index is 1230. The normalized spacial score (nSPS) is 13.1. The molecular weight excluding hydrogens is 386 g/mol. The van der Waals surface area contributed by atoms with E-state index in [1.54, 1.807) is 0 Å². The van der Waals surface area contributed by atoms with Crippen molar-refractivity contribution >= 4 is 12.0 Å². The molecular formula is C25H23N5O. The van der Waals surface area contributed by atoms with Gasteiger partial charge in [0.2, 0.25) is 0 Å². The zero-order valence-corrected chi connectivity index (χ0v) is 17.5. The molecule has 0 spiro atoms. The molecule has 4 aromatic rings. The van der Waals surface area contributed by atoms with Crippen LogP contribution in [0.25, 0.3) is 22.5 Å². The summed E-state index contributed by atoms with van der Waals surface area (Å²) < 4.78 is 8.07. The third kappa shape index (κ3) is 4.00. The predicted molar refractivity (Wildman–Crippen MR) is 124 cm³/mol. The molecule has 0 saturated heterocycles. The van der Waals surface area contributed by atoms with Gasteiger partial charge in [-0.2, -0.15) is 10.2 Å². The second-order valence-corrected chi connectivity index (χ2v) is 7.56. The van der Waals surface area contributed by atoms with Gasteiger partial charge in [-0.15, -0.1) is 0 Å². The van der Waals surface area contributed by atoms with Gasteiger partial charge in [0.1, 0.15) is 24.5 Å². The molecule has 0 bridgehead atoms. The van der Waals surface area contributed by atoms with Crippen LogP contribution in [0.3, 0.4) is 0 Å². The summed E-state index contributed by atoms with van der Waals surface area (Å²) in [6, 6.07) is 28.4. The predicted octanol–water partition coefficient (Wildman–Crippen LogP) is 5.20. The van der Waals surface area contributed by atoms with Gasteiger partial charge in [-0.25, -0.2) is 5.01 Å². The number of hydrazone groups is 1. The lowest BCUT2D eigenvalue weighted by molar-refractivity contribution is 0.482. The van der Waals surface area contributed by atoms with E-state index in [0.29, 0.717) is 0 Å². The van der Waals surface area contributed by atoms with E-state index in [1.807, 2.05) is 95.7 Å². The Hall–Kier alpha value is -4.06. The highest BCUT2D eigenvalue weighted by molar-refractivity contribution is 5.69. The molecule has 0 unspecified atom stereocenters. The molecule has 0 aliphatic carbocycles. The molecule has 0 saturated carbocycles. The Morgan fingerprint density at radius 2 is 1.52 bits per heavy atom. The Morgan fingerprint density at radius 3 is 2.29 bits per heavy atom. The molecule has 1 aliphatic rings. The van der Waals surface area contributed by atoms with Crippen molar-refractivity contribution in [1.82, 2.24) is 14.7 Å². The van der Waals surface area contributed by atoms with Crippen LogP contribution in [0.2, 0.25) is 0 Å². The second kappa shape index (κ2) is 7.99. The van der Waals surface area contributed by atoms with Gasteiger partial charge < -0.3 is 9.64 Å². The monoisotopic (exact) mass is 409 g/mol. The van der Waals surface area contributed by atoms with Crippen LogP contribution in [-0.4, -0.2) is 34.7 Å². The number of hydrogen-bond donors (Lipinski definition) is 0. The number of ether oxygens (including phenoxy) is 1. The van der Waals surface area contributed by atoms with E-state index < -0.39 is 0 Å². The lowest BCUT2D eigenvalue weighted by Crippen LogP contribution is -2.22. The zero-order valence-electron chi connectivity index (χ0n) is 17.5. The number of aromatic nitrogens is 2. The van der Waals surface area contributed by atoms with Crippen molar-refractivity contribution in [2.75, 3.05) is 18.7 Å². The van der Waals surface area contributed by atoms with Crippen molar-refractivity contribution in [3.63, 3.8) is 0 Å². The van der Waals surface area contributed by atoms with E-state index in [2.05, 4.69) is 29.4 Å². The maximum Gasteiger partial charge on any atom is 0.129 e. The van der Waals surface area contributed by atoms with Gasteiger partial charge in [0.05, 0.1) is 17.1 Å². The summed E-state index contributed by atoms with van der Waals surface area (Å²) in [5.41, 5.74) is 5.13. The van der Waals surface area contributed by atoms with Gasteiger partial charge in [-0.3, -0.25) is 4.68 Å². The summed E-state index contributed by atoms with van der Waals surface area (Å²) in [6.07, 6.45) is 1.81. The molecule has 0 N–H and O–H groups in total. The molecule has 154 valence electrons. The molecule has 5 rings (SSSR count). The largest absolute Gasteiger partial charge is 0.457 e. The van der Waals surface area contributed by atoms with Crippen molar-refractivity contribution in [2.45, 2.75) is 0 Å². The highest BCUT2D eigenvalue weighted by atomic mass is 16.5. The Kier molecular flexibility index (Phi) is 4.88. The first-order valence-corrected chi connectivity index (χ1v) is 10.2. The fourth-order valence-corrected chi connectivity index (χ4v) is 3.63. The minimum Gasteiger partial charge on any atom is -0.457 e. The van der Waals surface area contributed by atoms with Crippen LogP contribution in [-0.2, 0) is 7.05 Å². The topological polar surface area (TPSA) is 45.9 Å². The first kappa shape index (κ1) is 18.9. The van der Waals surface area contributed by atoms with Crippen LogP contribution < -0.4 is 9.75 Å². The van der Waals surface area contributed by atoms with Gasteiger partial charge in [0.25, 0.3) is 0 Å². The number of nitrogens with zero attached hydrogens (tertiary/aromatic N) is 5. The smallest absolute Gasteiger partial charge is 0.129 e. The van der Waals surface area contributed by atoms with Gasteiger partial charge in [0, 0.05) is 25.7 Å². The minimum absolute atomic E-state index is 0.725. The molecule has 31 heavy (non-hydrogen) atoms. The lowest BCUT2D eigenvalue weighted by atomic mass is 10.1. The third-order valence-corrected chi connectivity index (χ3v) is 5.18. The van der Waals surface area contributed by atoms with Crippen molar-refractivity contribution < 1.29 is 4.74 Å². The van der Waals surface area contributed by atoms with E-state index in [4.69, 9.17) is 9.84 Å². The molecule has 6 heteroatoms. The number of aryl methyl sites for hydroxylation is 1. The first-order chi connectivity index (χ1) is 15.2. The second-order valence-electron chi connectivity index (χ2n) is 7.56. The average Bonchev–Trinajstić information content (AvgIpc) is 3.40. The van der Waals surface area contributed by atoms with Crippen LogP contribution in [0.5, 0.6) is 11.5 Å². The van der Waals surface area contributed by atoms with Crippen molar-refractivity contribution in [3.05, 3.63) is 84.9 Å². The van der Waals surface area contributed by atoms with Gasteiger partial charge >= 0.3 is 0 Å². The molecule has 6 nitrogen and oxygen atoms in total. The molecule has 0 amide bonds. The molecule has 0 fully saturated rings. The summed E-state index contributed by atoms with van der Waals surface area (Å²) in [7, 11) is 3.96. The fourth-order valence-electron chi connectivity index (χ4n) is 3.63. The summed E-state index contributed by atoms with van der Waals surface area (Å²) >= 11 is 0. The molecule has 1 aliphatic heterocycles. The van der Waals surface area contributed by atoms with Crippen LogP contribution in [0.15, 0.2) is 90.0 Å². The molecule has 1 aromatic heterocycles. The Labute approximate surface area is 181 Å². The van der Waals surface area contributed by atoms with E-state index in [-0.39, 0.29) is 0 Å². The summed E-state index contributed by atoms with van der Waals surface area (Å²) in [5.74, 6) is 1.54. The Balaban J connectivity index is 1.39. The fraction of sp³-hybridized carbons (Fsp3) is 0.120. The number of benzene rings is 3. The maximum atomic E-state index is 6.16. The highest BCUT2D eigenvalue weighted by Gasteiger charge is 2.13. The van der Waals surface area contributed by atoms with E-state index in [1.165, 1.54) is 0 Å². The minimum atomic E-state index is 0.725. The van der Waals surface area contributed by atoms with Crippen LogP contribution in [0.1, 0.15) is 0 Å². The Morgan fingerprint density at radius 1 is 0.774 bits per heavy atom. The summed E-state index contributed by atoms with van der Waals surface area (Å²) in [5, 5.41) is 11.0. The van der Waals surface area contributed by atoms with Gasteiger partial charge in [0.15, 0.2) is 0 Å². The number of anilines is 1. The SMILES string of the molecule is CN1C=NN(c2cccc(Oc3cccc(-c4cc(-c5ccccc5)n(C)n4)c3)c2)C1. The molecule has 2 heterocycles. The molecule has 0 atom stereocenters. The summed E-state index contributed by atoms with van der Waals surface area (Å²) in [6.45, 7) is 0.725. The lowest BCUT2D eigenvalue weighted by Gasteiger charge is -2.16. The van der Waals surface area contributed by atoms with Crippen LogP contribution in [0, 0.1) is 0 Å². The van der Waals surface area contributed by atoms with Crippen LogP contribution in [0.4, 0.5) is 5.69 Å². The standard InChI is InChI=1S/C25H23N5O/c1-28-17-26-30(18-28)21-11-7-13-23(15-21)31-22-12-6-10-20(14-22)24-16-25(29(2)27-24)19-8-4-3-5-9-19/h3-17H,18H2,1-2H3. The van der Waals surface area contributed by atoms with Gasteiger partial charge in [-0.1, -0.05) is 48.5 Å². The van der Waals surface area contributed by atoms with Gasteiger partial charge in [-0.05, 0) is 35.9 Å². The van der Waals surface area contributed by atoms with Crippen molar-refractivity contribution in [2.24, 2.45) is 12.1 Å². The quantitative estimate of drug-likeness (QED) is 0.455. The first-order valence-electron chi connectivity index (χ1n) is 10.2. The molecule has 3 aromatic carbocycles. The highest BCUT2D eigenvalue weighted by Crippen LogP contribution is 2.31. The number of rotatable bonds is 5. The number of hydrogen-bond acceptors (Lipinski definition) is 5. The van der Waals surface area contributed by atoms with E-state index >= 15 is 0 Å². The maximum absolute atomic E-state index is 6.16. The van der Waals surface area contributed by atoms with E-state index in [9.17, 15) is 0 Å². The van der Waals surface area contributed by atoms with Crippen LogP contribution >= 0.6 is 0 Å². The van der Waals surface area contributed by atoms with Crippen molar-refractivity contribution in [3.8, 4) is 34.0 Å². The third-order valence-electron chi connectivity index (χ3n) is 5.18. The van der Waals surface area contributed by atoms with E-state index in [0.717, 1.165) is 46.4 Å². The average molecular weight is 409 g/mol. The zero-order chi connectivity index (χ0) is 21.2.